The van der Waals surface area contributed by atoms with E-state index in [2.05, 4.69) is 25.3 Å². The molecule has 4 aromatic rings. The fraction of sp³-hybridized carbons (Fsp3) is 0.0500. The number of nitrogens with one attached hydrogen (secondary N) is 2. The Labute approximate surface area is 150 Å². The zero-order valence-electron chi connectivity index (χ0n) is 14.0. The molecular formula is C20H17N5O. The summed E-state index contributed by atoms with van der Waals surface area (Å²) in [5.41, 5.74) is 2.94. The van der Waals surface area contributed by atoms with Crippen LogP contribution in [0.5, 0.6) is 5.75 Å². The van der Waals surface area contributed by atoms with Crippen molar-refractivity contribution in [3.05, 3.63) is 85.2 Å². The quantitative estimate of drug-likeness (QED) is 0.549. The molecule has 0 fully saturated rings. The van der Waals surface area contributed by atoms with E-state index in [9.17, 15) is 0 Å². The van der Waals surface area contributed by atoms with Crippen LogP contribution in [0.2, 0.25) is 0 Å². The Bertz CT molecular complexity index is 952. The van der Waals surface area contributed by atoms with E-state index in [1.807, 2.05) is 60.8 Å². The van der Waals surface area contributed by atoms with Crippen molar-refractivity contribution in [2.75, 3.05) is 5.32 Å². The topological polar surface area (TPSA) is 75.7 Å². The molecule has 0 saturated carbocycles. The van der Waals surface area contributed by atoms with E-state index in [1.54, 1.807) is 18.6 Å². The molecule has 0 spiro atoms. The molecule has 26 heavy (non-hydrogen) atoms. The van der Waals surface area contributed by atoms with Crippen LogP contribution in [0.25, 0.3) is 11.3 Å². The minimum atomic E-state index is 0.399. The maximum absolute atomic E-state index is 5.71. The first kappa shape index (κ1) is 15.8. The van der Waals surface area contributed by atoms with E-state index < -0.39 is 0 Å². The van der Waals surface area contributed by atoms with Crippen molar-refractivity contribution in [3.63, 3.8) is 0 Å². The number of aromatic amines is 1. The fourth-order valence-corrected chi connectivity index (χ4v) is 2.50. The fourth-order valence-electron chi connectivity index (χ4n) is 2.50. The molecule has 0 aliphatic rings. The first-order chi connectivity index (χ1) is 12.9. The molecule has 6 heteroatoms. The summed E-state index contributed by atoms with van der Waals surface area (Å²) in [4.78, 5) is 15.9. The summed E-state index contributed by atoms with van der Waals surface area (Å²) >= 11 is 0. The number of nitrogens with zero attached hydrogens (tertiary/aromatic N) is 3. The number of H-pyrrole nitrogens is 1. The first-order valence-electron chi connectivity index (χ1n) is 8.22. The van der Waals surface area contributed by atoms with Gasteiger partial charge in [0.1, 0.15) is 24.0 Å². The molecule has 128 valence electrons. The van der Waals surface area contributed by atoms with E-state index in [4.69, 9.17) is 4.74 Å². The number of aromatic nitrogens is 4. The number of hydrogen-bond donors (Lipinski definition) is 2. The minimum Gasteiger partial charge on any atom is -0.486 e. The Hall–Kier alpha value is -3.67. The lowest BCUT2D eigenvalue weighted by Gasteiger charge is -2.05. The number of ether oxygens (including phenoxy) is 1. The van der Waals surface area contributed by atoms with Gasteiger partial charge in [-0.15, -0.1) is 0 Å². The average molecular weight is 343 g/mol. The van der Waals surface area contributed by atoms with Crippen LogP contribution >= 0.6 is 0 Å². The lowest BCUT2D eigenvalue weighted by Crippen LogP contribution is -1.97. The van der Waals surface area contributed by atoms with Gasteiger partial charge in [-0.25, -0.2) is 9.97 Å². The van der Waals surface area contributed by atoms with Crippen LogP contribution in [0.3, 0.4) is 0 Å². The highest BCUT2D eigenvalue weighted by atomic mass is 16.5. The van der Waals surface area contributed by atoms with Crippen LogP contribution in [-0.2, 0) is 6.61 Å². The molecule has 0 aliphatic carbocycles. The second-order valence-corrected chi connectivity index (χ2v) is 5.64. The largest absolute Gasteiger partial charge is 0.486 e. The van der Waals surface area contributed by atoms with Crippen LogP contribution < -0.4 is 10.1 Å². The normalized spacial score (nSPS) is 10.5. The zero-order valence-corrected chi connectivity index (χ0v) is 14.0. The summed E-state index contributed by atoms with van der Waals surface area (Å²) in [6.07, 6.45) is 6.79. The van der Waals surface area contributed by atoms with E-state index in [0.717, 1.165) is 28.5 Å². The summed E-state index contributed by atoms with van der Waals surface area (Å²) in [7, 11) is 0. The molecule has 2 N–H and O–H groups in total. The molecule has 0 amide bonds. The van der Waals surface area contributed by atoms with Crippen LogP contribution in [0.15, 0.2) is 79.4 Å². The van der Waals surface area contributed by atoms with Crippen molar-refractivity contribution < 1.29 is 4.74 Å². The molecule has 0 bridgehead atoms. The van der Waals surface area contributed by atoms with E-state index in [0.29, 0.717) is 12.4 Å². The van der Waals surface area contributed by atoms with Gasteiger partial charge in [-0.2, -0.15) is 0 Å². The van der Waals surface area contributed by atoms with Crippen molar-refractivity contribution in [3.8, 4) is 17.0 Å². The van der Waals surface area contributed by atoms with Crippen LogP contribution in [0.4, 0.5) is 11.5 Å². The second-order valence-electron chi connectivity index (χ2n) is 5.64. The molecular weight excluding hydrogens is 326 g/mol. The van der Waals surface area contributed by atoms with Gasteiger partial charge < -0.3 is 15.0 Å². The van der Waals surface area contributed by atoms with Gasteiger partial charge in [-0.05, 0) is 29.8 Å². The summed E-state index contributed by atoms with van der Waals surface area (Å²) in [6, 6.07) is 17.7. The molecule has 2 aromatic heterocycles. The number of hydrogen-bond acceptors (Lipinski definition) is 5. The molecule has 0 atom stereocenters. The Balaban J connectivity index is 1.41. The first-order valence-corrected chi connectivity index (χ1v) is 8.22. The standard InChI is InChI=1S/C20H17N5O/c1-2-4-17(5-3-1)26-14-20-23-12-18(25-20)15-6-8-16(9-7-15)24-19-13-21-10-11-22-19/h1-13H,14H2,(H,22,24)(H,23,25). The smallest absolute Gasteiger partial charge is 0.148 e. The lowest BCUT2D eigenvalue weighted by molar-refractivity contribution is 0.297. The Kier molecular flexibility index (Phi) is 4.56. The number of rotatable bonds is 6. The summed E-state index contributed by atoms with van der Waals surface area (Å²) in [5.74, 6) is 2.32. The number of para-hydroxylation sites is 1. The van der Waals surface area contributed by atoms with Gasteiger partial charge in [0.15, 0.2) is 0 Å². The molecule has 0 unspecified atom stereocenters. The van der Waals surface area contributed by atoms with Crippen molar-refractivity contribution >= 4 is 11.5 Å². The molecule has 4 rings (SSSR count). The molecule has 0 aliphatic heterocycles. The van der Waals surface area contributed by atoms with Crippen molar-refractivity contribution in [1.29, 1.82) is 0 Å². The second kappa shape index (κ2) is 7.48. The molecule has 0 radical (unpaired) electrons. The molecule has 6 nitrogen and oxygen atoms in total. The third-order valence-corrected chi connectivity index (χ3v) is 3.78. The highest BCUT2D eigenvalue weighted by Gasteiger charge is 2.05. The van der Waals surface area contributed by atoms with Gasteiger partial charge in [0.2, 0.25) is 0 Å². The van der Waals surface area contributed by atoms with Crippen molar-refractivity contribution in [2.45, 2.75) is 6.61 Å². The van der Waals surface area contributed by atoms with E-state index >= 15 is 0 Å². The van der Waals surface area contributed by atoms with Crippen molar-refractivity contribution in [1.82, 2.24) is 19.9 Å². The van der Waals surface area contributed by atoms with Gasteiger partial charge in [-0.1, -0.05) is 30.3 Å². The van der Waals surface area contributed by atoms with E-state index in [-0.39, 0.29) is 0 Å². The van der Waals surface area contributed by atoms with Gasteiger partial charge in [0.05, 0.1) is 18.1 Å². The predicted molar refractivity (Wildman–Crippen MR) is 100 cm³/mol. The maximum atomic E-state index is 5.71. The monoisotopic (exact) mass is 343 g/mol. The highest BCUT2D eigenvalue weighted by molar-refractivity contribution is 5.64. The van der Waals surface area contributed by atoms with Gasteiger partial charge >= 0.3 is 0 Å². The van der Waals surface area contributed by atoms with Crippen LogP contribution in [-0.4, -0.2) is 19.9 Å². The third-order valence-electron chi connectivity index (χ3n) is 3.78. The molecule has 2 heterocycles. The summed E-state index contributed by atoms with van der Waals surface area (Å²) in [6.45, 7) is 0.399. The number of imidazole rings is 1. The SMILES string of the molecule is c1ccc(OCc2ncc(-c3ccc(Nc4cnccn4)cc3)[nH]2)cc1. The Morgan fingerprint density at radius 1 is 0.885 bits per heavy atom. The predicted octanol–water partition coefficient (Wildman–Crippen LogP) is 4.19. The van der Waals surface area contributed by atoms with E-state index in [1.165, 1.54) is 0 Å². The maximum Gasteiger partial charge on any atom is 0.148 e. The van der Waals surface area contributed by atoms with Gasteiger partial charge in [0.25, 0.3) is 0 Å². The van der Waals surface area contributed by atoms with Crippen LogP contribution in [0, 0.1) is 0 Å². The zero-order chi connectivity index (χ0) is 17.6. The van der Waals surface area contributed by atoms with Crippen molar-refractivity contribution in [2.24, 2.45) is 0 Å². The Morgan fingerprint density at radius 3 is 2.50 bits per heavy atom. The van der Waals surface area contributed by atoms with Gasteiger partial charge in [0, 0.05) is 18.1 Å². The number of anilines is 2. The highest BCUT2D eigenvalue weighted by Crippen LogP contribution is 2.21. The summed E-state index contributed by atoms with van der Waals surface area (Å²) < 4.78 is 5.71. The Morgan fingerprint density at radius 2 is 1.73 bits per heavy atom. The van der Waals surface area contributed by atoms with Gasteiger partial charge in [-0.3, -0.25) is 4.98 Å². The molecule has 0 saturated heterocycles. The number of benzene rings is 2. The average Bonchev–Trinajstić information content (AvgIpc) is 3.18. The van der Waals surface area contributed by atoms with Crippen LogP contribution in [0.1, 0.15) is 5.82 Å². The third kappa shape index (κ3) is 3.87. The molecule has 2 aromatic carbocycles. The minimum absolute atomic E-state index is 0.399. The lowest BCUT2D eigenvalue weighted by atomic mass is 10.1. The summed E-state index contributed by atoms with van der Waals surface area (Å²) in [5, 5.41) is 3.21.